The lowest BCUT2D eigenvalue weighted by molar-refractivity contribution is 0.131. The van der Waals surface area contributed by atoms with Crippen molar-refractivity contribution >= 4 is 10.9 Å². The van der Waals surface area contributed by atoms with Crippen molar-refractivity contribution in [3.05, 3.63) is 23.9 Å². The van der Waals surface area contributed by atoms with E-state index in [9.17, 15) is 0 Å². The zero-order chi connectivity index (χ0) is 14.8. The number of aryl methyl sites for hydroxylation is 1. The summed E-state index contributed by atoms with van der Waals surface area (Å²) in [5.41, 5.74) is 2.25. The van der Waals surface area contributed by atoms with Gasteiger partial charge in [0.1, 0.15) is 11.9 Å². The van der Waals surface area contributed by atoms with Crippen molar-refractivity contribution in [2.75, 3.05) is 0 Å². The van der Waals surface area contributed by atoms with E-state index < -0.39 is 0 Å². The molecular weight excluding hydrogens is 262 g/mol. The summed E-state index contributed by atoms with van der Waals surface area (Å²) in [6, 6.07) is 5.24. The number of fused-ring (bicyclic) bond motifs is 1. The number of aromatic amines is 1. The average molecular weight is 287 g/mol. The average Bonchev–Trinajstić information content (AvgIpc) is 2.91. The SMILES string of the molecule is Cc1c(O[C@H]2CCC[C@@H](NC(C)C)C2)ccc2[nH]ncc12. The van der Waals surface area contributed by atoms with Crippen molar-refractivity contribution in [1.82, 2.24) is 15.5 Å². The van der Waals surface area contributed by atoms with Crippen LogP contribution in [0.15, 0.2) is 18.3 Å². The Kier molecular flexibility index (Phi) is 4.15. The Balaban J connectivity index is 1.71. The highest BCUT2D eigenvalue weighted by Crippen LogP contribution is 2.30. The van der Waals surface area contributed by atoms with Gasteiger partial charge in [0.25, 0.3) is 0 Å². The van der Waals surface area contributed by atoms with Crippen LogP contribution in [0, 0.1) is 6.92 Å². The quantitative estimate of drug-likeness (QED) is 0.904. The van der Waals surface area contributed by atoms with Crippen LogP contribution in [-0.4, -0.2) is 28.4 Å². The first kappa shape index (κ1) is 14.4. The Morgan fingerprint density at radius 2 is 2.19 bits per heavy atom. The molecule has 1 aliphatic rings. The lowest BCUT2D eigenvalue weighted by atomic mass is 9.92. The predicted molar refractivity (Wildman–Crippen MR) is 85.8 cm³/mol. The summed E-state index contributed by atoms with van der Waals surface area (Å²) < 4.78 is 6.29. The van der Waals surface area contributed by atoms with Crippen LogP contribution in [0.4, 0.5) is 0 Å². The van der Waals surface area contributed by atoms with Gasteiger partial charge in [-0.3, -0.25) is 5.10 Å². The van der Waals surface area contributed by atoms with E-state index in [2.05, 4.69) is 48.4 Å². The van der Waals surface area contributed by atoms with Gasteiger partial charge in [-0.2, -0.15) is 5.10 Å². The summed E-state index contributed by atoms with van der Waals surface area (Å²) in [5.74, 6) is 0.999. The maximum atomic E-state index is 6.29. The first-order valence-corrected chi connectivity index (χ1v) is 7.99. The molecule has 2 N–H and O–H groups in total. The Hall–Kier alpha value is -1.55. The molecule has 2 atom stereocenters. The fraction of sp³-hybridized carbons (Fsp3) is 0.588. The fourth-order valence-electron chi connectivity index (χ4n) is 3.32. The second-order valence-corrected chi connectivity index (χ2v) is 6.44. The summed E-state index contributed by atoms with van der Waals surface area (Å²) in [7, 11) is 0. The van der Waals surface area contributed by atoms with E-state index in [0.29, 0.717) is 18.2 Å². The smallest absolute Gasteiger partial charge is 0.123 e. The minimum atomic E-state index is 0.318. The van der Waals surface area contributed by atoms with Gasteiger partial charge >= 0.3 is 0 Å². The molecule has 1 aromatic carbocycles. The molecule has 1 aliphatic carbocycles. The molecule has 0 radical (unpaired) electrons. The van der Waals surface area contributed by atoms with Crippen molar-refractivity contribution in [2.24, 2.45) is 0 Å². The maximum Gasteiger partial charge on any atom is 0.123 e. The number of nitrogens with zero attached hydrogens (tertiary/aromatic N) is 1. The summed E-state index contributed by atoms with van der Waals surface area (Å²) in [6.07, 6.45) is 6.94. The van der Waals surface area contributed by atoms with Crippen molar-refractivity contribution in [1.29, 1.82) is 0 Å². The second kappa shape index (κ2) is 6.06. The topological polar surface area (TPSA) is 49.9 Å². The molecule has 2 aromatic rings. The van der Waals surface area contributed by atoms with E-state index in [-0.39, 0.29) is 0 Å². The van der Waals surface area contributed by atoms with Crippen molar-refractivity contribution in [3.8, 4) is 5.75 Å². The Bertz CT molecular complexity index is 605. The van der Waals surface area contributed by atoms with Crippen molar-refractivity contribution in [2.45, 2.75) is 64.6 Å². The van der Waals surface area contributed by atoms with Crippen LogP contribution in [-0.2, 0) is 0 Å². The standard InChI is InChI=1S/C17H25N3O/c1-11(2)19-13-5-4-6-14(9-13)21-17-8-7-16-15(12(17)3)10-18-20-16/h7-8,10-11,13-14,19H,4-6,9H2,1-3H3,(H,18,20)/t13-,14+/m1/s1. The molecule has 1 heterocycles. The molecule has 1 saturated carbocycles. The van der Waals surface area contributed by atoms with E-state index in [1.54, 1.807) is 0 Å². The number of nitrogens with one attached hydrogen (secondary N) is 2. The predicted octanol–water partition coefficient (Wildman–Crippen LogP) is 3.56. The van der Waals surface area contributed by atoms with E-state index in [0.717, 1.165) is 29.5 Å². The summed E-state index contributed by atoms with van der Waals surface area (Å²) in [6.45, 7) is 6.53. The molecule has 1 aromatic heterocycles. The Labute approximate surface area is 126 Å². The summed E-state index contributed by atoms with van der Waals surface area (Å²) >= 11 is 0. The van der Waals surface area contributed by atoms with Crippen LogP contribution in [0.5, 0.6) is 5.75 Å². The lowest BCUT2D eigenvalue weighted by Crippen LogP contribution is -2.41. The number of aromatic nitrogens is 2. The fourth-order valence-corrected chi connectivity index (χ4v) is 3.32. The number of rotatable bonds is 4. The van der Waals surface area contributed by atoms with Gasteiger partial charge in [-0.05, 0) is 44.7 Å². The maximum absolute atomic E-state index is 6.29. The number of hydrogen-bond acceptors (Lipinski definition) is 3. The third-order valence-electron chi connectivity index (χ3n) is 4.33. The third kappa shape index (κ3) is 3.21. The Morgan fingerprint density at radius 1 is 1.33 bits per heavy atom. The first-order chi connectivity index (χ1) is 10.1. The highest BCUT2D eigenvalue weighted by molar-refractivity contribution is 5.83. The van der Waals surface area contributed by atoms with Crippen LogP contribution in [0.2, 0.25) is 0 Å². The van der Waals surface area contributed by atoms with Crippen LogP contribution in [0.25, 0.3) is 10.9 Å². The van der Waals surface area contributed by atoms with Crippen LogP contribution < -0.4 is 10.1 Å². The van der Waals surface area contributed by atoms with Gasteiger partial charge in [-0.15, -0.1) is 0 Å². The highest BCUT2D eigenvalue weighted by atomic mass is 16.5. The zero-order valence-corrected chi connectivity index (χ0v) is 13.1. The van der Waals surface area contributed by atoms with E-state index in [4.69, 9.17) is 4.74 Å². The first-order valence-electron chi connectivity index (χ1n) is 7.99. The van der Waals surface area contributed by atoms with E-state index >= 15 is 0 Å². The molecule has 114 valence electrons. The molecule has 0 saturated heterocycles. The Morgan fingerprint density at radius 3 is 3.00 bits per heavy atom. The molecule has 0 bridgehead atoms. The molecule has 4 nitrogen and oxygen atoms in total. The van der Waals surface area contributed by atoms with Crippen molar-refractivity contribution < 1.29 is 4.74 Å². The lowest BCUT2D eigenvalue weighted by Gasteiger charge is -2.31. The molecule has 0 unspecified atom stereocenters. The van der Waals surface area contributed by atoms with Crippen LogP contribution >= 0.6 is 0 Å². The number of H-pyrrole nitrogens is 1. The van der Waals surface area contributed by atoms with E-state index in [1.165, 1.54) is 18.4 Å². The van der Waals surface area contributed by atoms with Gasteiger partial charge in [0.05, 0.1) is 11.7 Å². The third-order valence-corrected chi connectivity index (χ3v) is 4.33. The molecular formula is C17H25N3O. The number of hydrogen-bond donors (Lipinski definition) is 2. The highest BCUT2D eigenvalue weighted by Gasteiger charge is 2.24. The summed E-state index contributed by atoms with van der Waals surface area (Å²) in [4.78, 5) is 0. The van der Waals surface area contributed by atoms with Crippen LogP contribution in [0.3, 0.4) is 0 Å². The minimum absolute atomic E-state index is 0.318. The van der Waals surface area contributed by atoms with Gasteiger partial charge < -0.3 is 10.1 Å². The molecule has 21 heavy (non-hydrogen) atoms. The van der Waals surface area contributed by atoms with Gasteiger partial charge in [0.2, 0.25) is 0 Å². The molecule has 0 amide bonds. The second-order valence-electron chi connectivity index (χ2n) is 6.44. The van der Waals surface area contributed by atoms with Gasteiger partial charge in [0.15, 0.2) is 0 Å². The monoisotopic (exact) mass is 287 g/mol. The molecule has 4 heteroatoms. The molecule has 0 spiro atoms. The summed E-state index contributed by atoms with van der Waals surface area (Å²) in [5, 5.41) is 11.9. The van der Waals surface area contributed by atoms with Crippen LogP contribution in [0.1, 0.15) is 45.1 Å². The molecule has 1 fully saturated rings. The zero-order valence-electron chi connectivity index (χ0n) is 13.1. The van der Waals surface area contributed by atoms with E-state index in [1.807, 2.05) is 6.20 Å². The molecule has 0 aliphatic heterocycles. The van der Waals surface area contributed by atoms with Gasteiger partial charge in [-0.25, -0.2) is 0 Å². The van der Waals surface area contributed by atoms with Gasteiger partial charge in [-0.1, -0.05) is 13.8 Å². The normalized spacial score (nSPS) is 22.9. The van der Waals surface area contributed by atoms with Gasteiger partial charge in [0, 0.05) is 23.0 Å². The van der Waals surface area contributed by atoms with Crippen molar-refractivity contribution in [3.63, 3.8) is 0 Å². The minimum Gasteiger partial charge on any atom is -0.490 e. The number of benzene rings is 1. The largest absolute Gasteiger partial charge is 0.490 e. The number of ether oxygens (including phenoxy) is 1. The molecule has 3 rings (SSSR count).